The number of fused-ring (bicyclic) bond motifs is 2. The van der Waals surface area contributed by atoms with Crippen molar-refractivity contribution in [3.05, 3.63) is 0 Å². The molecule has 11 heavy (non-hydrogen) atoms. The van der Waals surface area contributed by atoms with Gasteiger partial charge in [-0.25, -0.2) is 0 Å². The lowest BCUT2D eigenvalue weighted by Gasteiger charge is -2.52. The van der Waals surface area contributed by atoms with Gasteiger partial charge < -0.3 is 0 Å². The largest absolute Gasteiger partial charge is 0.0649 e. The van der Waals surface area contributed by atoms with Crippen molar-refractivity contribution in [3.63, 3.8) is 0 Å². The Hall–Kier alpha value is 0. The zero-order valence-corrected chi connectivity index (χ0v) is 7.90. The standard InChI is InChI=1S/C11H20/c1-3-11(4-2)7-9-5-10(6-9)8-11/h9-10H,3-8H2,1-2H3. The average Bonchev–Trinajstić information content (AvgIpc) is 2.03. The maximum Gasteiger partial charge on any atom is -0.0297 e. The van der Waals surface area contributed by atoms with E-state index < -0.39 is 0 Å². The molecule has 0 amide bonds. The van der Waals surface area contributed by atoms with E-state index in [1.807, 2.05) is 0 Å². The van der Waals surface area contributed by atoms with Gasteiger partial charge in [0, 0.05) is 0 Å². The second-order valence-electron chi connectivity index (χ2n) is 4.82. The molecule has 3 fully saturated rings. The highest BCUT2D eigenvalue weighted by Crippen LogP contribution is 2.56. The summed E-state index contributed by atoms with van der Waals surface area (Å²) in [6.07, 6.45) is 9.10. The minimum atomic E-state index is 0.784. The van der Waals surface area contributed by atoms with Crippen LogP contribution in [-0.4, -0.2) is 0 Å². The molecule has 0 radical (unpaired) electrons. The summed E-state index contributed by atoms with van der Waals surface area (Å²) in [5.41, 5.74) is 0.784. The molecule has 0 aromatic rings. The van der Waals surface area contributed by atoms with Crippen LogP contribution in [0.15, 0.2) is 0 Å². The first kappa shape index (κ1) is 7.64. The van der Waals surface area contributed by atoms with Crippen LogP contribution in [-0.2, 0) is 0 Å². The van der Waals surface area contributed by atoms with Gasteiger partial charge in [0.25, 0.3) is 0 Å². The molecule has 0 unspecified atom stereocenters. The predicted molar refractivity (Wildman–Crippen MR) is 48.5 cm³/mol. The zero-order chi connectivity index (χ0) is 7.90. The lowest BCUT2D eigenvalue weighted by molar-refractivity contribution is -0.00785. The molecule has 0 heteroatoms. The van der Waals surface area contributed by atoms with Crippen LogP contribution in [0.4, 0.5) is 0 Å². The van der Waals surface area contributed by atoms with E-state index >= 15 is 0 Å². The lowest BCUT2D eigenvalue weighted by Crippen LogP contribution is -2.40. The topological polar surface area (TPSA) is 0 Å². The van der Waals surface area contributed by atoms with Gasteiger partial charge in [-0.15, -0.1) is 0 Å². The van der Waals surface area contributed by atoms with Crippen LogP contribution < -0.4 is 0 Å². The van der Waals surface area contributed by atoms with Gasteiger partial charge in [-0.05, 0) is 42.9 Å². The summed E-state index contributed by atoms with van der Waals surface area (Å²) in [6, 6.07) is 0. The molecule has 0 nitrogen and oxygen atoms in total. The molecule has 0 atom stereocenters. The molecule has 3 rings (SSSR count). The van der Waals surface area contributed by atoms with E-state index in [4.69, 9.17) is 0 Å². The Morgan fingerprint density at radius 3 is 1.73 bits per heavy atom. The number of rotatable bonds is 2. The van der Waals surface area contributed by atoms with Gasteiger partial charge in [-0.1, -0.05) is 26.7 Å². The van der Waals surface area contributed by atoms with E-state index in [-0.39, 0.29) is 0 Å². The van der Waals surface area contributed by atoms with E-state index in [0.717, 1.165) is 17.3 Å². The number of hydrogen-bond acceptors (Lipinski definition) is 0. The highest BCUT2D eigenvalue weighted by molar-refractivity contribution is 4.95. The van der Waals surface area contributed by atoms with Crippen molar-refractivity contribution in [2.45, 2.75) is 52.4 Å². The van der Waals surface area contributed by atoms with Crippen molar-refractivity contribution < 1.29 is 0 Å². The number of hydrogen-bond donors (Lipinski definition) is 0. The highest BCUT2D eigenvalue weighted by Gasteiger charge is 2.44. The van der Waals surface area contributed by atoms with Crippen LogP contribution in [0.1, 0.15) is 52.4 Å². The second kappa shape index (κ2) is 2.50. The van der Waals surface area contributed by atoms with Crippen molar-refractivity contribution in [3.8, 4) is 0 Å². The summed E-state index contributed by atoms with van der Waals surface area (Å²) in [7, 11) is 0. The van der Waals surface area contributed by atoms with Gasteiger partial charge in [0.2, 0.25) is 0 Å². The average molecular weight is 152 g/mol. The molecule has 0 spiro atoms. The summed E-state index contributed by atoms with van der Waals surface area (Å²) in [4.78, 5) is 0. The van der Waals surface area contributed by atoms with Gasteiger partial charge in [0.05, 0.1) is 0 Å². The van der Waals surface area contributed by atoms with Crippen LogP contribution in [0, 0.1) is 17.3 Å². The first-order valence-corrected chi connectivity index (χ1v) is 5.28. The SMILES string of the molecule is CCC1(CC)CC2CC(C2)C1. The van der Waals surface area contributed by atoms with Crippen molar-refractivity contribution in [1.82, 2.24) is 0 Å². The van der Waals surface area contributed by atoms with Crippen LogP contribution in [0.5, 0.6) is 0 Å². The van der Waals surface area contributed by atoms with Gasteiger partial charge >= 0.3 is 0 Å². The van der Waals surface area contributed by atoms with Crippen LogP contribution in [0.25, 0.3) is 0 Å². The van der Waals surface area contributed by atoms with Crippen molar-refractivity contribution >= 4 is 0 Å². The maximum absolute atomic E-state index is 2.38. The van der Waals surface area contributed by atoms with Gasteiger partial charge in [0.15, 0.2) is 0 Å². The Morgan fingerprint density at radius 2 is 1.45 bits per heavy atom. The molecule has 3 aliphatic rings. The molecule has 0 N–H and O–H groups in total. The smallest absolute Gasteiger partial charge is 0.0297 e. The van der Waals surface area contributed by atoms with E-state index in [0.29, 0.717) is 0 Å². The Kier molecular flexibility index (Phi) is 1.74. The first-order valence-electron chi connectivity index (χ1n) is 5.28. The Labute approximate surface area is 70.4 Å². The minimum Gasteiger partial charge on any atom is -0.0649 e. The first-order chi connectivity index (χ1) is 5.28. The summed E-state index contributed by atoms with van der Waals surface area (Å²) in [6.45, 7) is 4.77. The Morgan fingerprint density at radius 1 is 1.00 bits per heavy atom. The quantitative estimate of drug-likeness (QED) is 0.567. The molecule has 3 aliphatic carbocycles. The van der Waals surface area contributed by atoms with Gasteiger partial charge in [0.1, 0.15) is 0 Å². The molecule has 64 valence electrons. The minimum absolute atomic E-state index is 0.784. The third-order valence-corrected chi connectivity index (χ3v) is 4.28. The third kappa shape index (κ3) is 1.11. The summed E-state index contributed by atoms with van der Waals surface area (Å²) >= 11 is 0. The molecule has 0 aliphatic heterocycles. The normalized spacial score (nSPS) is 39.8. The summed E-state index contributed by atoms with van der Waals surface area (Å²) < 4.78 is 0. The van der Waals surface area contributed by atoms with Crippen molar-refractivity contribution in [2.24, 2.45) is 17.3 Å². The molecule has 0 heterocycles. The van der Waals surface area contributed by atoms with Gasteiger partial charge in [-0.2, -0.15) is 0 Å². The summed E-state index contributed by atoms with van der Waals surface area (Å²) in [5.74, 6) is 2.27. The molecule has 0 saturated heterocycles. The molecule has 2 bridgehead atoms. The monoisotopic (exact) mass is 152 g/mol. The van der Waals surface area contributed by atoms with Gasteiger partial charge in [-0.3, -0.25) is 0 Å². The Balaban J connectivity index is 2.03. The van der Waals surface area contributed by atoms with E-state index in [1.54, 1.807) is 25.7 Å². The molecular weight excluding hydrogens is 132 g/mol. The molecule has 0 aromatic heterocycles. The van der Waals surface area contributed by atoms with E-state index in [2.05, 4.69) is 13.8 Å². The van der Waals surface area contributed by atoms with Crippen LogP contribution >= 0.6 is 0 Å². The fourth-order valence-corrected chi connectivity index (χ4v) is 3.34. The highest BCUT2D eigenvalue weighted by atomic mass is 14.5. The van der Waals surface area contributed by atoms with Crippen LogP contribution in [0.3, 0.4) is 0 Å². The Bertz CT molecular complexity index is 126. The van der Waals surface area contributed by atoms with Crippen LogP contribution in [0.2, 0.25) is 0 Å². The van der Waals surface area contributed by atoms with E-state index in [9.17, 15) is 0 Å². The lowest BCUT2D eigenvalue weighted by atomic mass is 9.53. The predicted octanol–water partition coefficient (Wildman–Crippen LogP) is 3.61. The maximum atomic E-state index is 2.38. The van der Waals surface area contributed by atoms with Crippen molar-refractivity contribution in [1.29, 1.82) is 0 Å². The fourth-order valence-electron chi connectivity index (χ4n) is 3.34. The van der Waals surface area contributed by atoms with E-state index in [1.165, 1.54) is 12.8 Å². The van der Waals surface area contributed by atoms with Crippen molar-refractivity contribution in [2.75, 3.05) is 0 Å². The molecule has 0 aromatic carbocycles. The molecular formula is C11H20. The zero-order valence-electron chi connectivity index (χ0n) is 7.90. The fraction of sp³-hybridized carbons (Fsp3) is 1.00. The molecule has 3 saturated carbocycles. The third-order valence-electron chi connectivity index (χ3n) is 4.28. The summed E-state index contributed by atoms with van der Waals surface area (Å²) in [5, 5.41) is 0. The second-order valence-corrected chi connectivity index (χ2v) is 4.82.